The second-order valence-corrected chi connectivity index (χ2v) is 9.60. The van der Waals surface area contributed by atoms with Gasteiger partial charge in [-0.3, -0.25) is 4.90 Å². The Balaban J connectivity index is 1.85. The lowest BCUT2D eigenvalue weighted by Crippen LogP contribution is -2.48. The molecular formula is C26H26F3NO4. The summed E-state index contributed by atoms with van der Waals surface area (Å²) in [5.74, 6) is -3.11. The number of carbonyl (C=O) groups excluding carboxylic acids is 1. The van der Waals surface area contributed by atoms with Gasteiger partial charge in [0, 0.05) is 36.2 Å². The van der Waals surface area contributed by atoms with Gasteiger partial charge in [0.1, 0.15) is 23.1 Å². The summed E-state index contributed by atoms with van der Waals surface area (Å²) in [6, 6.07) is 1.06. The molecule has 0 saturated heterocycles. The zero-order valence-electron chi connectivity index (χ0n) is 19.1. The number of carboxylic acids is 1. The van der Waals surface area contributed by atoms with Crippen LogP contribution in [0.25, 0.3) is 6.08 Å². The van der Waals surface area contributed by atoms with E-state index in [4.69, 9.17) is 9.84 Å². The van der Waals surface area contributed by atoms with Crippen LogP contribution >= 0.6 is 0 Å². The number of rotatable bonds is 5. The first-order valence-electron chi connectivity index (χ1n) is 11.1. The number of nitrogens with zero attached hydrogens (tertiary/aromatic N) is 1. The first kappa shape index (κ1) is 24.0. The molecule has 1 aromatic carbocycles. The molecule has 1 aromatic rings. The SMILES string of the molecule is CC1CC2=C(CC3C=CC(=O)OC3=C2)C(c2c(F)cc(/C=C/C(=O)O)cc2F)N1CC(C)(C)F. The van der Waals surface area contributed by atoms with Crippen LogP contribution in [0.1, 0.15) is 50.8 Å². The van der Waals surface area contributed by atoms with E-state index in [2.05, 4.69) is 0 Å². The number of aliphatic carboxylic acids is 1. The van der Waals surface area contributed by atoms with Crippen LogP contribution in [0.15, 0.2) is 53.3 Å². The van der Waals surface area contributed by atoms with Crippen LogP contribution in [0.4, 0.5) is 13.2 Å². The highest BCUT2D eigenvalue weighted by Crippen LogP contribution is 2.48. The number of hydrogen-bond donors (Lipinski definition) is 1. The summed E-state index contributed by atoms with van der Waals surface area (Å²) in [7, 11) is 0. The molecule has 8 heteroatoms. The predicted octanol–water partition coefficient (Wildman–Crippen LogP) is 5.26. The molecule has 4 rings (SSSR count). The molecule has 180 valence electrons. The number of allylic oxidation sites excluding steroid dienone is 2. The maximum atomic E-state index is 15.4. The molecule has 0 aromatic heterocycles. The molecule has 34 heavy (non-hydrogen) atoms. The lowest BCUT2D eigenvalue weighted by molar-refractivity contribution is -0.135. The third-order valence-electron chi connectivity index (χ3n) is 6.31. The Kier molecular flexibility index (Phi) is 6.29. The van der Waals surface area contributed by atoms with Crippen molar-refractivity contribution in [2.45, 2.75) is 51.4 Å². The van der Waals surface area contributed by atoms with Gasteiger partial charge < -0.3 is 9.84 Å². The van der Waals surface area contributed by atoms with Crippen molar-refractivity contribution in [3.8, 4) is 0 Å². The first-order valence-corrected chi connectivity index (χ1v) is 11.1. The number of carbonyl (C=O) groups is 2. The van der Waals surface area contributed by atoms with Gasteiger partial charge in [-0.25, -0.2) is 22.8 Å². The summed E-state index contributed by atoms with van der Waals surface area (Å²) < 4.78 is 51.0. The maximum Gasteiger partial charge on any atom is 0.335 e. The van der Waals surface area contributed by atoms with E-state index in [1.807, 2.05) is 6.92 Å². The van der Waals surface area contributed by atoms with E-state index < -0.39 is 35.3 Å². The quantitative estimate of drug-likeness (QED) is 0.467. The maximum absolute atomic E-state index is 15.4. The minimum Gasteiger partial charge on any atom is -0.478 e. The predicted molar refractivity (Wildman–Crippen MR) is 120 cm³/mol. The van der Waals surface area contributed by atoms with Gasteiger partial charge >= 0.3 is 11.9 Å². The van der Waals surface area contributed by atoms with Crippen molar-refractivity contribution in [3.63, 3.8) is 0 Å². The number of benzene rings is 1. The second kappa shape index (κ2) is 8.91. The van der Waals surface area contributed by atoms with E-state index in [1.165, 1.54) is 19.9 Å². The molecule has 2 heterocycles. The van der Waals surface area contributed by atoms with Gasteiger partial charge in [0.2, 0.25) is 0 Å². The highest BCUT2D eigenvalue weighted by molar-refractivity contribution is 5.85. The molecule has 3 atom stereocenters. The van der Waals surface area contributed by atoms with Crippen molar-refractivity contribution < 1.29 is 32.6 Å². The topological polar surface area (TPSA) is 66.8 Å². The number of alkyl halides is 1. The molecule has 1 aliphatic carbocycles. The lowest BCUT2D eigenvalue weighted by atomic mass is 9.75. The summed E-state index contributed by atoms with van der Waals surface area (Å²) in [6.07, 6.45) is 7.64. The van der Waals surface area contributed by atoms with Gasteiger partial charge in [0.25, 0.3) is 0 Å². The zero-order chi connectivity index (χ0) is 24.8. The van der Waals surface area contributed by atoms with Gasteiger partial charge in [-0.05, 0) is 74.6 Å². The van der Waals surface area contributed by atoms with E-state index in [-0.39, 0.29) is 29.6 Å². The normalized spacial score (nSPS) is 25.2. The Morgan fingerprint density at radius 2 is 1.94 bits per heavy atom. The average molecular weight is 473 g/mol. The fourth-order valence-electron chi connectivity index (χ4n) is 4.97. The number of carboxylic acid groups (broad SMARTS) is 1. The largest absolute Gasteiger partial charge is 0.478 e. The van der Waals surface area contributed by atoms with Crippen molar-refractivity contribution in [1.29, 1.82) is 0 Å². The molecular weight excluding hydrogens is 447 g/mol. The molecule has 0 radical (unpaired) electrons. The van der Waals surface area contributed by atoms with Gasteiger partial charge in [-0.2, -0.15) is 0 Å². The highest BCUT2D eigenvalue weighted by atomic mass is 19.1. The Labute approximate surface area is 195 Å². The zero-order valence-corrected chi connectivity index (χ0v) is 19.1. The van der Waals surface area contributed by atoms with Crippen LogP contribution in [0.5, 0.6) is 0 Å². The minimum absolute atomic E-state index is 0.0405. The molecule has 0 bridgehead atoms. The molecule has 0 amide bonds. The summed E-state index contributed by atoms with van der Waals surface area (Å²) in [4.78, 5) is 24.3. The number of esters is 1. The summed E-state index contributed by atoms with van der Waals surface area (Å²) >= 11 is 0. The van der Waals surface area contributed by atoms with E-state index in [0.717, 1.165) is 35.4 Å². The fourth-order valence-corrected chi connectivity index (χ4v) is 4.97. The molecule has 1 N–H and O–H groups in total. The van der Waals surface area contributed by atoms with Gasteiger partial charge in [0.15, 0.2) is 0 Å². The monoisotopic (exact) mass is 473 g/mol. The minimum atomic E-state index is -1.61. The molecule has 5 nitrogen and oxygen atoms in total. The van der Waals surface area contributed by atoms with Crippen LogP contribution in [-0.2, 0) is 14.3 Å². The van der Waals surface area contributed by atoms with Crippen molar-refractivity contribution >= 4 is 18.0 Å². The van der Waals surface area contributed by atoms with E-state index >= 15 is 8.78 Å². The average Bonchev–Trinajstić information content (AvgIpc) is 2.71. The Hall–Kier alpha value is -3.13. The second-order valence-electron chi connectivity index (χ2n) is 9.60. The highest BCUT2D eigenvalue weighted by Gasteiger charge is 2.42. The molecule has 0 fully saturated rings. The van der Waals surface area contributed by atoms with E-state index in [1.54, 1.807) is 17.1 Å². The Bertz CT molecular complexity index is 1140. The van der Waals surface area contributed by atoms with Crippen molar-refractivity contribution in [2.75, 3.05) is 6.54 Å². The smallest absolute Gasteiger partial charge is 0.335 e. The lowest BCUT2D eigenvalue weighted by Gasteiger charge is -2.47. The van der Waals surface area contributed by atoms with Crippen molar-refractivity contribution in [2.24, 2.45) is 5.92 Å². The molecule has 3 aliphatic rings. The number of ether oxygens (including phenoxy) is 1. The van der Waals surface area contributed by atoms with Gasteiger partial charge in [-0.15, -0.1) is 0 Å². The van der Waals surface area contributed by atoms with Crippen LogP contribution in [0.3, 0.4) is 0 Å². The van der Waals surface area contributed by atoms with Crippen molar-refractivity contribution in [3.05, 3.63) is 76.1 Å². The molecule has 2 aliphatic heterocycles. The van der Waals surface area contributed by atoms with Crippen LogP contribution in [-0.4, -0.2) is 40.2 Å². The number of halogens is 3. The van der Waals surface area contributed by atoms with Crippen LogP contribution in [0, 0.1) is 17.6 Å². The summed E-state index contributed by atoms with van der Waals surface area (Å²) in [5.41, 5.74) is -0.162. The molecule has 0 saturated carbocycles. The third kappa shape index (κ3) is 4.87. The van der Waals surface area contributed by atoms with Crippen LogP contribution < -0.4 is 0 Å². The van der Waals surface area contributed by atoms with E-state index in [9.17, 15) is 14.0 Å². The Morgan fingerprint density at radius 1 is 1.26 bits per heavy atom. The molecule has 0 spiro atoms. The van der Waals surface area contributed by atoms with E-state index in [0.29, 0.717) is 18.6 Å². The number of hydrogen-bond acceptors (Lipinski definition) is 4. The van der Waals surface area contributed by atoms with Crippen molar-refractivity contribution in [1.82, 2.24) is 4.90 Å². The Morgan fingerprint density at radius 3 is 2.56 bits per heavy atom. The standard InChI is InChI=1S/C26H26F3NO4/c1-14-8-17-12-21-16(5-7-23(33)34-21)11-18(17)25(30(14)13-26(2,3)29)24-19(27)9-15(10-20(24)28)4-6-22(31)32/h4-7,9-10,12,14,16,25H,8,11,13H2,1-3H3,(H,31,32)/b6-4+. The summed E-state index contributed by atoms with van der Waals surface area (Å²) in [5, 5.41) is 8.82. The summed E-state index contributed by atoms with van der Waals surface area (Å²) in [6.45, 7) is 4.69. The van der Waals surface area contributed by atoms with Crippen LogP contribution in [0.2, 0.25) is 0 Å². The number of fused-ring (bicyclic) bond motifs is 1. The first-order chi connectivity index (χ1) is 15.9. The van der Waals surface area contributed by atoms with Gasteiger partial charge in [0.05, 0.1) is 6.04 Å². The fraction of sp³-hybridized carbons (Fsp3) is 0.385. The third-order valence-corrected chi connectivity index (χ3v) is 6.31. The molecule has 3 unspecified atom stereocenters. The van der Waals surface area contributed by atoms with Gasteiger partial charge in [-0.1, -0.05) is 6.08 Å².